The first-order valence-corrected chi connectivity index (χ1v) is 8.21. The highest BCUT2D eigenvalue weighted by atomic mass is 32.2. The summed E-state index contributed by atoms with van der Waals surface area (Å²) < 4.78 is 0. The molecule has 0 aliphatic rings. The Balaban J connectivity index is 1.78. The number of carbonyl (C=O) groups is 2. The van der Waals surface area contributed by atoms with E-state index in [-0.39, 0.29) is 11.7 Å². The molecule has 1 amide bonds. The summed E-state index contributed by atoms with van der Waals surface area (Å²) in [6.07, 6.45) is 0. The van der Waals surface area contributed by atoms with Crippen LogP contribution in [0.25, 0.3) is 0 Å². The standard InChI is InChI=1S/C18H16N2O2S/c1-13(21)16-6-8-17(9-7-16)20-18(22)12-23-11-15-4-2-14(10-19)3-5-15/h2-9H,11-12H2,1H3,(H,20,22). The molecule has 116 valence electrons. The summed E-state index contributed by atoms with van der Waals surface area (Å²) in [6.45, 7) is 1.51. The lowest BCUT2D eigenvalue weighted by molar-refractivity contribution is -0.113. The van der Waals surface area contributed by atoms with E-state index in [1.54, 1.807) is 36.4 Å². The normalized spacial score (nSPS) is 9.91. The summed E-state index contributed by atoms with van der Waals surface area (Å²) in [5.41, 5.74) is 3.01. The predicted octanol–water partition coefficient (Wildman–Crippen LogP) is 3.63. The van der Waals surface area contributed by atoms with Crippen LogP contribution in [0.5, 0.6) is 0 Å². The Hall–Kier alpha value is -2.58. The molecule has 2 aromatic carbocycles. The quantitative estimate of drug-likeness (QED) is 0.824. The van der Waals surface area contributed by atoms with Crippen molar-refractivity contribution in [3.63, 3.8) is 0 Å². The summed E-state index contributed by atoms with van der Waals surface area (Å²) in [5, 5.41) is 11.5. The first-order chi connectivity index (χ1) is 11.1. The van der Waals surface area contributed by atoms with Crippen molar-refractivity contribution in [2.75, 3.05) is 11.1 Å². The minimum absolute atomic E-state index is 0.000786. The van der Waals surface area contributed by atoms with Crippen molar-refractivity contribution < 1.29 is 9.59 Å². The van der Waals surface area contributed by atoms with E-state index >= 15 is 0 Å². The summed E-state index contributed by atoms with van der Waals surface area (Å²) in [4.78, 5) is 23.1. The Bertz CT molecular complexity index is 731. The third kappa shape index (κ3) is 5.28. The van der Waals surface area contributed by atoms with Gasteiger partial charge in [-0.2, -0.15) is 5.26 Å². The molecule has 5 heteroatoms. The lowest BCUT2D eigenvalue weighted by Gasteiger charge is -2.06. The number of nitrogens with zero attached hydrogens (tertiary/aromatic N) is 1. The fourth-order valence-corrected chi connectivity index (χ4v) is 2.71. The van der Waals surface area contributed by atoms with Crippen molar-refractivity contribution in [2.24, 2.45) is 0 Å². The molecule has 0 aliphatic carbocycles. The Morgan fingerprint density at radius 1 is 1.09 bits per heavy atom. The molecule has 0 bridgehead atoms. The van der Waals surface area contributed by atoms with Gasteiger partial charge in [0.05, 0.1) is 17.4 Å². The topological polar surface area (TPSA) is 70.0 Å². The second-order valence-corrected chi connectivity index (χ2v) is 5.97. The van der Waals surface area contributed by atoms with Crippen LogP contribution in [0, 0.1) is 11.3 Å². The van der Waals surface area contributed by atoms with E-state index in [4.69, 9.17) is 5.26 Å². The van der Waals surface area contributed by atoms with Crippen LogP contribution >= 0.6 is 11.8 Å². The molecule has 0 saturated heterocycles. The fraction of sp³-hybridized carbons (Fsp3) is 0.167. The zero-order chi connectivity index (χ0) is 16.7. The number of rotatable bonds is 6. The van der Waals surface area contributed by atoms with Crippen LogP contribution in [0.2, 0.25) is 0 Å². The second kappa shape index (κ2) is 8.16. The van der Waals surface area contributed by atoms with Gasteiger partial charge in [0.2, 0.25) is 5.91 Å². The zero-order valence-corrected chi connectivity index (χ0v) is 13.5. The van der Waals surface area contributed by atoms with E-state index in [0.29, 0.717) is 28.3 Å². The zero-order valence-electron chi connectivity index (χ0n) is 12.7. The molecule has 0 atom stereocenters. The first kappa shape index (κ1) is 16.8. The maximum Gasteiger partial charge on any atom is 0.234 e. The van der Waals surface area contributed by atoms with E-state index < -0.39 is 0 Å². The molecule has 2 rings (SSSR count). The van der Waals surface area contributed by atoms with Gasteiger partial charge < -0.3 is 5.32 Å². The highest BCUT2D eigenvalue weighted by molar-refractivity contribution is 7.99. The van der Waals surface area contributed by atoms with E-state index in [0.717, 1.165) is 5.56 Å². The van der Waals surface area contributed by atoms with Gasteiger partial charge in [0.15, 0.2) is 5.78 Å². The Morgan fingerprint density at radius 3 is 2.30 bits per heavy atom. The molecule has 0 spiro atoms. The Kier molecular flexibility index (Phi) is 5.95. The van der Waals surface area contributed by atoms with Crippen LogP contribution in [0.1, 0.15) is 28.4 Å². The molecule has 23 heavy (non-hydrogen) atoms. The summed E-state index contributed by atoms with van der Waals surface area (Å²) >= 11 is 1.51. The number of anilines is 1. The smallest absolute Gasteiger partial charge is 0.234 e. The van der Waals surface area contributed by atoms with Crippen LogP contribution in [-0.4, -0.2) is 17.4 Å². The number of hydrogen-bond acceptors (Lipinski definition) is 4. The van der Waals surface area contributed by atoms with E-state index in [1.165, 1.54) is 18.7 Å². The summed E-state index contributed by atoms with van der Waals surface area (Å²) in [6, 6.07) is 16.2. The molecular weight excluding hydrogens is 308 g/mol. The number of thioether (sulfide) groups is 1. The van der Waals surface area contributed by atoms with Crippen molar-refractivity contribution in [2.45, 2.75) is 12.7 Å². The molecule has 1 N–H and O–H groups in total. The van der Waals surface area contributed by atoms with Crippen molar-refractivity contribution >= 4 is 29.1 Å². The molecule has 0 heterocycles. The van der Waals surface area contributed by atoms with Crippen molar-refractivity contribution in [1.29, 1.82) is 5.26 Å². The van der Waals surface area contributed by atoms with Gasteiger partial charge in [-0.1, -0.05) is 12.1 Å². The number of nitrogens with one attached hydrogen (secondary N) is 1. The van der Waals surface area contributed by atoms with Gasteiger partial charge in [-0.25, -0.2) is 0 Å². The fourth-order valence-electron chi connectivity index (χ4n) is 1.92. The number of benzene rings is 2. The maximum atomic E-state index is 11.9. The minimum Gasteiger partial charge on any atom is -0.325 e. The van der Waals surface area contributed by atoms with Crippen molar-refractivity contribution in [3.05, 3.63) is 65.2 Å². The number of nitriles is 1. The molecule has 2 aromatic rings. The third-order valence-electron chi connectivity index (χ3n) is 3.16. The van der Waals surface area contributed by atoms with Gasteiger partial charge in [-0.15, -0.1) is 11.8 Å². The number of amides is 1. The Labute approximate surface area is 139 Å². The average Bonchev–Trinajstić information content (AvgIpc) is 2.56. The number of carbonyl (C=O) groups excluding carboxylic acids is 2. The van der Waals surface area contributed by atoms with Crippen LogP contribution < -0.4 is 5.32 Å². The maximum absolute atomic E-state index is 11.9. The van der Waals surface area contributed by atoms with Gasteiger partial charge in [0, 0.05) is 17.0 Å². The summed E-state index contributed by atoms with van der Waals surface area (Å²) in [7, 11) is 0. The lowest BCUT2D eigenvalue weighted by Crippen LogP contribution is -2.14. The second-order valence-electron chi connectivity index (χ2n) is 4.98. The molecule has 0 aromatic heterocycles. The van der Waals surface area contributed by atoms with Crippen LogP contribution in [0.4, 0.5) is 5.69 Å². The Morgan fingerprint density at radius 2 is 1.74 bits per heavy atom. The SMILES string of the molecule is CC(=O)c1ccc(NC(=O)CSCc2ccc(C#N)cc2)cc1. The molecule has 0 radical (unpaired) electrons. The summed E-state index contributed by atoms with van der Waals surface area (Å²) in [5.74, 6) is 0.969. The van der Waals surface area contributed by atoms with Crippen LogP contribution in [-0.2, 0) is 10.5 Å². The van der Waals surface area contributed by atoms with Gasteiger partial charge >= 0.3 is 0 Å². The molecule has 0 saturated carbocycles. The average molecular weight is 324 g/mol. The molecule has 0 unspecified atom stereocenters. The van der Waals surface area contributed by atoms with Gasteiger partial charge in [-0.05, 0) is 48.9 Å². The number of hydrogen-bond donors (Lipinski definition) is 1. The van der Waals surface area contributed by atoms with Crippen LogP contribution in [0.15, 0.2) is 48.5 Å². The van der Waals surface area contributed by atoms with Crippen LogP contribution in [0.3, 0.4) is 0 Å². The predicted molar refractivity (Wildman–Crippen MR) is 92.4 cm³/mol. The van der Waals surface area contributed by atoms with Crippen molar-refractivity contribution in [1.82, 2.24) is 0 Å². The first-order valence-electron chi connectivity index (χ1n) is 7.06. The molecule has 0 aliphatic heterocycles. The largest absolute Gasteiger partial charge is 0.325 e. The van der Waals surface area contributed by atoms with Crippen molar-refractivity contribution in [3.8, 4) is 6.07 Å². The third-order valence-corrected chi connectivity index (χ3v) is 4.16. The molecule has 4 nitrogen and oxygen atoms in total. The van der Waals surface area contributed by atoms with E-state index in [2.05, 4.69) is 11.4 Å². The van der Waals surface area contributed by atoms with E-state index in [1.807, 2.05) is 12.1 Å². The number of Topliss-reactive ketones (excluding diaryl/α,β-unsaturated/α-hetero) is 1. The highest BCUT2D eigenvalue weighted by Crippen LogP contribution is 2.14. The lowest BCUT2D eigenvalue weighted by atomic mass is 10.1. The van der Waals surface area contributed by atoms with Gasteiger partial charge in [0.25, 0.3) is 0 Å². The van der Waals surface area contributed by atoms with E-state index in [9.17, 15) is 9.59 Å². The molecular formula is C18H16N2O2S. The molecule has 0 fully saturated rings. The van der Waals surface area contributed by atoms with Gasteiger partial charge in [0.1, 0.15) is 0 Å². The monoisotopic (exact) mass is 324 g/mol. The minimum atomic E-state index is -0.0841. The van der Waals surface area contributed by atoms with Gasteiger partial charge in [-0.3, -0.25) is 9.59 Å². The number of ketones is 1. The highest BCUT2D eigenvalue weighted by Gasteiger charge is 2.04.